The van der Waals surface area contributed by atoms with Crippen molar-refractivity contribution in [3.8, 4) is 0 Å². The number of unbranched alkanes of at least 4 members (excludes halogenated alkanes) is 1. The normalized spacial score (nSPS) is 36.1. The first-order valence-electron chi connectivity index (χ1n) is 18.2. The number of esters is 3. The summed E-state index contributed by atoms with van der Waals surface area (Å²) in [6.07, 6.45) is 14.2. The quantitative estimate of drug-likeness (QED) is 0.147. The monoisotopic (exact) mass is 631 g/mol. The van der Waals surface area contributed by atoms with Gasteiger partial charge in [0.2, 0.25) is 0 Å². The molecule has 0 aromatic heterocycles. The lowest BCUT2D eigenvalue weighted by Gasteiger charge is -2.61. The summed E-state index contributed by atoms with van der Waals surface area (Å²) in [6.45, 7) is 18.9. The van der Waals surface area contributed by atoms with E-state index in [-0.39, 0.29) is 18.5 Å². The summed E-state index contributed by atoms with van der Waals surface area (Å²) >= 11 is 0. The van der Waals surface area contributed by atoms with Gasteiger partial charge in [0.25, 0.3) is 0 Å². The zero-order chi connectivity index (χ0) is 33.4. The van der Waals surface area contributed by atoms with Crippen molar-refractivity contribution in [1.29, 1.82) is 0 Å². The van der Waals surface area contributed by atoms with Crippen LogP contribution < -0.4 is 5.73 Å². The Kier molecular flexibility index (Phi) is 11.1. The SMILES string of the molecule is C[C@H](CCCCC(=O)OC(C)(C)C)C1CCC2C3CCC4C[C@H](OC(=O)[C@@H](N)CC(=O)OC(C)(C)C)CCC4(C)C3CCC21C. The number of hydrogen-bond donors (Lipinski definition) is 1. The summed E-state index contributed by atoms with van der Waals surface area (Å²) < 4.78 is 16.8. The van der Waals surface area contributed by atoms with Gasteiger partial charge in [-0.05, 0) is 152 Å². The summed E-state index contributed by atoms with van der Waals surface area (Å²) in [6, 6.07) is -0.984. The van der Waals surface area contributed by atoms with Crippen LogP contribution in [0.5, 0.6) is 0 Å². The van der Waals surface area contributed by atoms with Gasteiger partial charge in [0.15, 0.2) is 0 Å². The molecule has 45 heavy (non-hydrogen) atoms. The van der Waals surface area contributed by atoms with Gasteiger partial charge in [-0.2, -0.15) is 0 Å². The van der Waals surface area contributed by atoms with E-state index < -0.39 is 29.2 Å². The minimum absolute atomic E-state index is 0.0700. The number of ether oxygens (including phenoxy) is 3. The van der Waals surface area contributed by atoms with Crippen LogP contribution in [0.25, 0.3) is 0 Å². The highest BCUT2D eigenvalue weighted by Crippen LogP contribution is 2.68. The van der Waals surface area contributed by atoms with Crippen LogP contribution in [0.15, 0.2) is 0 Å². The number of carbonyl (C=O) groups is 3. The van der Waals surface area contributed by atoms with E-state index in [2.05, 4.69) is 20.8 Å². The Morgan fingerprint density at radius 3 is 2.09 bits per heavy atom. The molecule has 7 nitrogen and oxygen atoms in total. The molecule has 4 rings (SSSR count). The standard InChI is InChI=1S/C38H65NO6/c1-24(12-10-11-13-32(40)44-35(2,3)4)28-16-17-29-27-15-14-25-22-26(18-20-37(25,8)30(27)19-21-38(28,29)9)43-34(42)31(39)23-33(41)45-36(5,6)7/h24-31H,10-23,39H2,1-9H3/t24-,25?,26-,27?,28?,29?,30?,31+,37?,38?/m1/s1. The van der Waals surface area contributed by atoms with Gasteiger partial charge in [0, 0.05) is 6.42 Å². The molecule has 0 spiro atoms. The van der Waals surface area contributed by atoms with Crippen LogP contribution in [0.4, 0.5) is 0 Å². The summed E-state index contributed by atoms with van der Waals surface area (Å²) in [5, 5.41) is 0. The van der Waals surface area contributed by atoms with Crippen LogP contribution in [-0.4, -0.2) is 41.3 Å². The molecule has 0 amide bonds. The maximum Gasteiger partial charge on any atom is 0.323 e. The van der Waals surface area contributed by atoms with Crippen LogP contribution in [0.1, 0.15) is 152 Å². The van der Waals surface area contributed by atoms with Gasteiger partial charge >= 0.3 is 17.9 Å². The number of nitrogens with two attached hydrogens (primary N) is 1. The third-order valence-electron chi connectivity index (χ3n) is 12.5. The highest BCUT2D eigenvalue weighted by atomic mass is 16.6. The van der Waals surface area contributed by atoms with Crippen molar-refractivity contribution in [3.05, 3.63) is 0 Å². The average molecular weight is 632 g/mol. The molecule has 258 valence electrons. The first-order valence-corrected chi connectivity index (χ1v) is 18.2. The minimum atomic E-state index is -0.984. The maximum absolute atomic E-state index is 12.8. The van der Waals surface area contributed by atoms with Gasteiger partial charge in [0.05, 0.1) is 6.42 Å². The predicted octanol–water partition coefficient (Wildman–Crippen LogP) is 8.15. The molecule has 4 aliphatic carbocycles. The highest BCUT2D eigenvalue weighted by molar-refractivity contribution is 5.82. The van der Waals surface area contributed by atoms with E-state index in [0.29, 0.717) is 29.1 Å². The highest BCUT2D eigenvalue weighted by Gasteiger charge is 2.60. The molecule has 0 bridgehead atoms. The van der Waals surface area contributed by atoms with E-state index >= 15 is 0 Å². The number of fused-ring (bicyclic) bond motifs is 5. The molecule has 10 atom stereocenters. The fourth-order valence-corrected chi connectivity index (χ4v) is 10.5. The lowest BCUT2D eigenvalue weighted by atomic mass is 9.44. The number of hydrogen-bond acceptors (Lipinski definition) is 7. The molecular weight excluding hydrogens is 566 g/mol. The van der Waals surface area contributed by atoms with Crippen molar-refractivity contribution in [2.24, 2.45) is 52.1 Å². The summed E-state index contributed by atoms with van der Waals surface area (Å²) in [5.41, 5.74) is 5.78. The average Bonchev–Trinajstić information content (AvgIpc) is 3.26. The lowest BCUT2D eigenvalue weighted by Crippen LogP contribution is -2.54. The van der Waals surface area contributed by atoms with Crippen molar-refractivity contribution in [1.82, 2.24) is 0 Å². The first-order chi connectivity index (χ1) is 20.8. The Morgan fingerprint density at radius 1 is 0.800 bits per heavy atom. The Bertz CT molecular complexity index is 1060. The van der Waals surface area contributed by atoms with Gasteiger partial charge in [-0.1, -0.05) is 33.6 Å². The fraction of sp³-hybridized carbons (Fsp3) is 0.921. The van der Waals surface area contributed by atoms with Crippen LogP contribution in [0.2, 0.25) is 0 Å². The molecule has 2 N–H and O–H groups in total. The van der Waals surface area contributed by atoms with Gasteiger partial charge in [-0.15, -0.1) is 0 Å². The molecule has 0 radical (unpaired) electrons. The molecule has 7 unspecified atom stereocenters. The second-order valence-corrected chi connectivity index (χ2v) is 17.9. The second-order valence-electron chi connectivity index (χ2n) is 17.9. The van der Waals surface area contributed by atoms with E-state index in [1.165, 1.54) is 44.9 Å². The second kappa shape index (κ2) is 13.8. The summed E-state index contributed by atoms with van der Waals surface area (Å²) in [7, 11) is 0. The van der Waals surface area contributed by atoms with E-state index in [4.69, 9.17) is 19.9 Å². The van der Waals surface area contributed by atoms with E-state index in [9.17, 15) is 14.4 Å². The molecule has 0 aromatic rings. The zero-order valence-electron chi connectivity index (χ0n) is 30.0. The largest absolute Gasteiger partial charge is 0.461 e. The fourth-order valence-electron chi connectivity index (χ4n) is 10.5. The van der Waals surface area contributed by atoms with Crippen LogP contribution in [0, 0.1) is 46.3 Å². The van der Waals surface area contributed by atoms with Crippen LogP contribution >= 0.6 is 0 Å². The molecule has 0 heterocycles. The van der Waals surface area contributed by atoms with Crippen LogP contribution in [-0.2, 0) is 28.6 Å². The number of rotatable bonds is 10. The van der Waals surface area contributed by atoms with E-state index in [0.717, 1.165) is 55.8 Å². The van der Waals surface area contributed by atoms with Crippen LogP contribution in [0.3, 0.4) is 0 Å². The van der Waals surface area contributed by atoms with Gasteiger partial charge in [-0.25, -0.2) is 0 Å². The Labute approximate surface area is 273 Å². The summed E-state index contributed by atoms with van der Waals surface area (Å²) in [5.74, 6) is 3.38. The van der Waals surface area contributed by atoms with Crippen molar-refractivity contribution in [3.63, 3.8) is 0 Å². The molecule has 4 fully saturated rings. The third kappa shape index (κ3) is 8.65. The Morgan fingerprint density at radius 2 is 1.42 bits per heavy atom. The zero-order valence-corrected chi connectivity index (χ0v) is 30.0. The molecule has 4 saturated carbocycles. The summed E-state index contributed by atoms with van der Waals surface area (Å²) in [4.78, 5) is 37.2. The molecule has 0 aromatic carbocycles. The van der Waals surface area contributed by atoms with Crippen molar-refractivity contribution < 1.29 is 28.6 Å². The van der Waals surface area contributed by atoms with E-state index in [1.807, 2.05) is 20.8 Å². The smallest absolute Gasteiger partial charge is 0.323 e. The van der Waals surface area contributed by atoms with Gasteiger partial charge in [-0.3, -0.25) is 14.4 Å². The van der Waals surface area contributed by atoms with Gasteiger partial charge < -0.3 is 19.9 Å². The first kappa shape index (κ1) is 36.2. The molecule has 0 saturated heterocycles. The molecule has 0 aliphatic heterocycles. The van der Waals surface area contributed by atoms with E-state index in [1.54, 1.807) is 20.8 Å². The Hall–Kier alpha value is -1.63. The molecule has 4 aliphatic rings. The van der Waals surface area contributed by atoms with Gasteiger partial charge in [0.1, 0.15) is 23.3 Å². The predicted molar refractivity (Wildman–Crippen MR) is 177 cm³/mol. The minimum Gasteiger partial charge on any atom is -0.461 e. The maximum atomic E-state index is 12.8. The molecular formula is C38H65NO6. The van der Waals surface area contributed by atoms with Crippen molar-refractivity contribution in [2.45, 2.75) is 176 Å². The third-order valence-corrected chi connectivity index (χ3v) is 12.5. The Balaban J connectivity index is 1.28. The van der Waals surface area contributed by atoms with Crippen molar-refractivity contribution >= 4 is 17.9 Å². The lowest BCUT2D eigenvalue weighted by molar-refractivity contribution is -0.167. The molecule has 7 heteroatoms. The van der Waals surface area contributed by atoms with Crippen molar-refractivity contribution in [2.75, 3.05) is 0 Å². The number of carbonyl (C=O) groups excluding carboxylic acids is 3. The topological polar surface area (TPSA) is 105 Å².